The third-order valence-electron chi connectivity index (χ3n) is 8.29. The molecule has 3 aromatic carbocycles. The van der Waals surface area contributed by atoms with Gasteiger partial charge in [-0.15, -0.1) is 0 Å². The molecule has 3 aliphatic rings. The van der Waals surface area contributed by atoms with Crippen LogP contribution in [0.15, 0.2) is 102 Å². The van der Waals surface area contributed by atoms with Gasteiger partial charge in [-0.3, -0.25) is 19.2 Å². The summed E-state index contributed by atoms with van der Waals surface area (Å²) in [6, 6.07) is 22.8. The molecule has 1 N–H and O–H groups in total. The number of Topliss-reactive ketones (excluding diaryl/α,β-unsaturated/α-hetero) is 2. The number of hydrogen-bond acceptors (Lipinski definition) is 7. The fourth-order valence-corrected chi connectivity index (χ4v) is 6.76. The van der Waals surface area contributed by atoms with Crippen LogP contribution in [-0.2, 0) is 15.0 Å². The van der Waals surface area contributed by atoms with E-state index >= 15 is 0 Å². The third-order valence-corrected chi connectivity index (χ3v) is 8.29. The molecule has 1 fully saturated rings. The quantitative estimate of drug-likeness (QED) is 0.210. The van der Waals surface area contributed by atoms with Gasteiger partial charge < -0.3 is 19.4 Å². The van der Waals surface area contributed by atoms with Gasteiger partial charge in [-0.2, -0.15) is 0 Å². The zero-order chi connectivity index (χ0) is 28.3. The molecule has 8 nitrogen and oxygen atoms in total. The van der Waals surface area contributed by atoms with Crippen LogP contribution in [0.3, 0.4) is 0 Å². The van der Waals surface area contributed by atoms with Crippen molar-refractivity contribution < 1.29 is 28.3 Å². The first-order valence-electron chi connectivity index (χ1n) is 13.3. The number of ether oxygens (including phenoxy) is 1. The molecule has 4 atom stereocenters. The molecule has 1 aromatic heterocycles. The predicted molar refractivity (Wildman–Crippen MR) is 149 cm³/mol. The van der Waals surface area contributed by atoms with Gasteiger partial charge in [0, 0.05) is 24.4 Å². The number of carbonyl (C=O) groups excluding carboxylic acids is 4. The first kappa shape index (κ1) is 24.8. The predicted octanol–water partition coefficient (Wildman–Crippen LogP) is 5.19. The zero-order valence-electron chi connectivity index (χ0n) is 21.9. The number of nitrogens with one attached hydrogen (secondary N) is 1. The third kappa shape index (κ3) is 3.53. The lowest BCUT2D eigenvalue weighted by molar-refractivity contribution is -0.131. The zero-order valence-corrected chi connectivity index (χ0v) is 21.9. The minimum Gasteiger partial charge on any atom is -0.461 e. The number of ketones is 2. The van der Waals surface area contributed by atoms with Crippen molar-refractivity contribution in [3.05, 3.63) is 125 Å². The highest BCUT2D eigenvalue weighted by Gasteiger charge is 2.71. The second-order valence-corrected chi connectivity index (χ2v) is 10.4. The second kappa shape index (κ2) is 9.16. The van der Waals surface area contributed by atoms with Crippen LogP contribution in [0.25, 0.3) is 6.08 Å². The van der Waals surface area contributed by atoms with Gasteiger partial charge in [0.1, 0.15) is 17.2 Å². The van der Waals surface area contributed by atoms with Crippen LogP contribution in [-0.4, -0.2) is 34.4 Å². The summed E-state index contributed by atoms with van der Waals surface area (Å²) in [6.45, 7) is 1.30. The lowest BCUT2D eigenvalue weighted by Crippen LogP contribution is -2.49. The van der Waals surface area contributed by atoms with Crippen molar-refractivity contribution in [3.63, 3.8) is 0 Å². The molecule has 4 aromatic rings. The van der Waals surface area contributed by atoms with Crippen molar-refractivity contribution in [3.8, 4) is 5.75 Å². The molecule has 8 heteroatoms. The van der Waals surface area contributed by atoms with Crippen molar-refractivity contribution in [2.45, 2.75) is 24.4 Å². The van der Waals surface area contributed by atoms with Crippen molar-refractivity contribution in [1.29, 1.82) is 0 Å². The lowest BCUT2D eigenvalue weighted by Gasteiger charge is -2.38. The number of anilines is 1. The molecule has 4 unspecified atom stereocenters. The Labute approximate surface area is 235 Å². The fourth-order valence-electron chi connectivity index (χ4n) is 6.76. The fraction of sp³-hybridized carbons (Fsp3) is 0.152. The summed E-state index contributed by atoms with van der Waals surface area (Å²) in [4.78, 5) is 56.6. The van der Waals surface area contributed by atoms with Gasteiger partial charge in [0.15, 0.2) is 11.5 Å². The van der Waals surface area contributed by atoms with Crippen LogP contribution in [0, 0.1) is 5.92 Å². The number of amides is 1. The minimum atomic E-state index is -1.43. The van der Waals surface area contributed by atoms with E-state index in [4.69, 9.17) is 9.15 Å². The monoisotopic (exact) mass is 544 g/mol. The first-order chi connectivity index (χ1) is 19.9. The van der Waals surface area contributed by atoms with Crippen molar-refractivity contribution in [2.24, 2.45) is 5.92 Å². The van der Waals surface area contributed by atoms with E-state index in [-0.39, 0.29) is 17.5 Å². The molecule has 202 valence electrons. The summed E-state index contributed by atoms with van der Waals surface area (Å²) in [5, 5.41) is 3.02. The van der Waals surface area contributed by atoms with E-state index in [2.05, 4.69) is 5.32 Å². The molecule has 0 radical (unpaired) electrons. The van der Waals surface area contributed by atoms with E-state index in [1.165, 1.54) is 13.2 Å². The average molecular weight is 545 g/mol. The smallest absolute Gasteiger partial charge is 0.308 e. The van der Waals surface area contributed by atoms with Crippen molar-refractivity contribution >= 4 is 35.2 Å². The Morgan fingerprint density at radius 2 is 1.66 bits per heavy atom. The summed E-state index contributed by atoms with van der Waals surface area (Å²) in [5.41, 5.74) is 1.92. The lowest BCUT2D eigenvalue weighted by atomic mass is 9.63. The number of nitrogens with zero attached hydrogens (tertiary/aromatic N) is 1. The number of hydrogen-bond donors (Lipinski definition) is 1. The van der Waals surface area contributed by atoms with Gasteiger partial charge in [-0.1, -0.05) is 42.5 Å². The molecule has 0 saturated carbocycles. The summed E-state index contributed by atoms with van der Waals surface area (Å²) < 4.78 is 10.7. The number of carbonyl (C=O) groups is 4. The highest BCUT2D eigenvalue weighted by atomic mass is 16.5. The maximum Gasteiger partial charge on any atom is 0.308 e. The molecule has 0 aliphatic carbocycles. The number of furan rings is 1. The average Bonchev–Trinajstić information content (AvgIpc) is 3.69. The van der Waals surface area contributed by atoms with Crippen molar-refractivity contribution in [2.75, 3.05) is 5.32 Å². The van der Waals surface area contributed by atoms with Gasteiger partial charge in [0.2, 0.25) is 11.7 Å². The van der Waals surface area contributed by atoms with Gasteiger partial charge in [-0.05, 0) is 65.2 Å². The van der Waals surface area contributed by atoms with E-state index in [1.807, 2.05) is 65.7 Å². The number of rotatable bonds is 5. The van der Waals surface area contributed by atoms with E-state index < -0.39 is 35.2 Å². The molecule has 7 rings (SSSR count). The van der Waals surface area contributed by atoms with E-state index in [1.54, 1.807) is 36.4 Å². The Kier molecular flexibility index (Phi) is 5.54. The van der Waals surface area contributed by atoms with E-state index in [9.17, 15) is 19.2 Å². The molecular formula is C33H24N2O6. The number of para-hydroxylation sites is 1. The molecule has 1 amide bonds. The molecule has 4 heterocycles. The Hall–Kier alpha value is -5.24. The number of fused-ring (bicyclic) bond motifs is 6. The van der Waals surface area contributed by atoms with Gasteiger partial charge in [-0.25, -0.2) is 0 Å². The summed E-state index contributed by atoms with van der Waals surface area (Å²) in [7, 11) is 0. The van der Waals surface area contributed by atoms with Crippen LogP contribution < -0.4 is 10.1 Å². The van der Waals surface area contributed by atoms with E-state index in [0.717, 1.165) is 11.1 Å². The normalized spacial score (nSPS) is 23.5. The number of esters is 1. The van der Waals surface area contributed by atoms with Gasteiger partial charge in [0.05, 0.1) is 18.2 Å². The Morgan fingerprint density at radius 1 is 0.902 bits per heavy atom. The Morgan fingerprint density at radius 3 is 2.41 bits per heavy atom. The molecule has 41 heavy (non-hydrogen) atoms. The largest absolute Gasteiger partial charge is 0.461 e. The summed E-state index contributed by atoms with van der Waals surface area (Å²) >= 11 is 0. The molecular weight excluding hydrogens is 520 g/mol. The van der Waals surface area contributed by atoms with Crippen LogP contribution in [0.4, 0.5) is 5.69 Å². The maximum absolute atomic E-state index is 14.5. The van der Waals surface area contributed by atoms with E-state index in [0.29, 0.717) is 22.6 Å². The highest BCUT2D eigenvalue weighted by Crippen LogP contribution is 2.62. The first-order valence-corrected chi connectivity index (χ1v) is 13.3. The molecule has 3 aliphatic heterocycles. The SMILES string of the molecule is CC(=O)Oc1ccc(C(=O)C2C(C(=O)c3ccco3)C3(C(=O)Nc4ccccc43)C3c4ccccc4C=CN23)cc1. The summed E-state index contributed by atoms with van der Waals surface area (Å²) in [5.74, 6) is -2.34. The van der Waals surface area contributed by atoms with Crippen LogP contribution in [0.2, 0.25) is 0 Å². The summed E-state index contributed by atoms with van der Waals surface area (Å²) in [6.07, 6.45) is 5.13. The topological polar surface area (TPSA) is 106 Å². The standard InChI is InChI=1S/C33H24N2O6/c1-19(36)41-22-14-12-21(13-15-22)29(37)28-27(30(38)26-11-6-18-40-26)33(24-9-4-5-10-25(24)34-32(33)39)31-23-8-3-2-7-20(23)16-17-35(28)31/h2-18,27-28,31H,1H3,(H,34,39). The molecule has 1 spiro atoms. The van der Waals surface area contributed by atoms with Crippen LogP contribution >= 0.6 is 0 Å². The second-order valence-electron chi connectivity index (χ2n) is 10.4. The minimum absolute atomic E-state index is 0.0756. The highest BCUT2D eigenvalue weighted by molar-refractivity contribution is 6.16. The van der Waals surface area contributed by atoms with Gasteiger partial charge >= 0.3 is 5.97 Å². The number of benzene rings is 3. The Balaban J connectivity index is 1.47. The molecule has 0 bridgehead atoms. The van der Waals surface area contributed by atoms with Crippen LogP contribution in [0.1, 0.15) is 50.6 Å². The maximum atomic E-state index is 14.5. The van der Waals surface area contributed by atoms with Crippen molar-refractivity contribution in [1.82, 2.24) is 4.90 Å². The molecule has 1 saturated heterocycles. The Bertz CT molecular complexity index is 1760. The van der Waals surface area contributed by atoms with Gasteiger partial charge in [0.25, 0.3) is 0 Å². The van der Waals surface area contributed by atoms with Crippen LogP contribution in [0.5, 0.6) is 5.75 Å².